The Bertz CT molecular complexity index is 768. The zero-order valence-corrected chi connectivity index (χ0v) is 13.3. The number of benzene rings is 1. The van der Waals surface area contributed by atoms with Crippen molar-refractivity contribution in [3.63, 3.8) is 0 Å². The monoisotopic (exact) mass is 382 g/mol. The molecule has 142 valence electrons. The van der Waals surface area contributed by atoms with Crippen LogP contribution < -0.4 is 4.90 Å². The number of halogens is 6. The maximum absolute atomic E-state index is 13.3. The minimum absolute atomic E-state index is 0.342. The Balaban J connectivity index is 2.66. The van der Waals surface area contributed by atoms with Crippen molar-refractivity contribution >= 4 is 11.8 Å². The zero-order valence-electron chi connectivity index (χ0n) is 13.3. The van der Waals surface area contributed by atoms with Gasteiger partial charge in [-0.25, -0.2) is 4.79 Å². The average Bonchev–Trinajstić information content (AvgIpc) is 2.77. The third-order valence-electron chi connectivity index (χ3n) is 4.02. The smallest absolute Gasteiger partial charge is 0.418 e. The maximum atomic E-state index is 13.3. The predicted molar refractivity (Wildman–Crippen MR) is 75.2 cm³/mol. The molecule has 0 unspecified atom stereocenters. The Morgan fingerprint density at radius 1 is 1.27 bits per heavy atom. The molecule has 1 heterocycles. The normalized spacial score (nSPS) is 22.2. The van der Waals surface area contributed by atoms with Crippen molar-refractivity contribution in [2.24, 2.45) is 0 Å². The minimum Gasteiger partial charge on any atom is -0.444 e. The number of ether oxygens (including phenoxy) is 1. The molecule has 1 aromatic carbocycles. The summed E-state index contributed by atoms with van der Waals surface area (Å²) in [4.78, 5) is 12.3. The molecule has 0 saturated carbocycles. The number of carbonyl (C=O) groups excluding carboxylic acids is 1. The van der Waals surface area contributed by atoms with E-state index in [4.69, 9.17) is 5.26 Å². The highest BCUT2D eigenvalue weighted by Gasteiger charge is 2.54. The Kier molecular flexibility index (Phi) is 4.85. The van der Waals surface area contributed by atoms with E-state index < -0.39 is 59.1 Å². The van der Waals surface area contributed by atoms with Gasteiger partial charge in [0, 0.05) is 0 Å². The number of amides is 1. The lowest BCUT2D eigenvalue weighted by Gasteiger charge is -2.30. The standard InChI is InChI=1S/C15H12F6N2O3/c1-6-9(4-3-8(5-22)10(6)14(16,17)18)23-11(7(2)26-13(23)25)12(24)15(19,20)21/h3-4,7,11-12,24H,1-2H3/t7-,11+,12+/m0/s1. The van der Waals surface area contributed by atoms with E-state index in [1.165, 1.54) is 6.07 Å². The molecular formula is C15H12F6N2O3. The average molecular weight is 382 g/mol. The van der Waals surface area contributed by atoms with Crippen LogP contribution in [0.1, 0.15) is 23.6 Å². The minimum atomic E-state index is -5.13. The summed E-state index contributed by atoms with van der Waals surface area (Å²) in [5.41, 5.74) is -3.27. The number of carbonyl (C=O) groups is 1. The number of aliphatic hydroxyl groups excluding tert-OH is 1. The SMILES string of the molecule is Cc1c(N2C(=O)O[C@@H](C)[C@@H]2[C@@H](O)C(F)(F)F)ccc(C#N)c1C(F)(F)F. The van der Waals surface area contributed by atoms with Gasteiger partial charge < -0.3 is 9.84 Å². The molecule has 1 fully saturated rings. The number of aliphatic hydroxyl groups is 1. The largest absolute Gasteiger partial charge is 0.444 e. The molecule has 0 radical (unpaired) electrons. The maximum Gasteiger partial charge on any atom is 0.418 e. The molecule has 1 saturated heterocycles. The van der Waals surface area contributed by atoms with Crippen molar-refractivity contribution in [1.29, 1.82) is 5.26 Å². The van der Waals surface area contributed by atoms with Crippen molar-refractivity contribution in [1.82, 2.24) is 0 Å². The second-order valence-corrected chi connectivity index (χ2v) is 5.68. The van der Waals surface area contributed by atoms with Crippen LogP contribution in [0.2, 0.25) is 0 Å². The van der Waals surface area contributed by atoms with Crippen LogP contribution >= 0.6 is 0 Å². The number of hydrogen-bond donors (Lipinski definition) is 1. The van der Waals surface area contributed by atoms with Crippen LogP contribution in [0.15, 0.2) is 12.1 Å². The van der Waals surface area contributed by atoms with Gasteiger partial charge in [-0.3, -0.25) is 4.90 Å². The molecule has 1 N–H and O–H groups in total. The lowest BCUT2D eigenvalue weighted by molar-refractivity contribution is -0.212. The lowest BCUT2D eigenvalue weighted by Crippen LogP contribution is -2.51. The van der Waals surface area contributed by atoms with Gasteiger partial charge in [-0.2, -0.15) is 31.6 Å². The summed E-state index contributed by atoms with van der Waals surface area (Å²) in [5.74, 6) is 0. The molecule has 1 aliphatic heterocycles. The fourth-order valence-corrected chi connectivity index (χ4v) is 2.89. The van der Waals surface area contributed by atoms with Crippen molar-refractivity contribution in [2.45, 2.75) is 44.4 Å². The summed E-state index contributed by atoms with van der Waals surface area (Å²) >= 11 is 0. The fourth-order valence-electron chi connectivity index (χ4n) is 2.89. The lowest BCUT2D eigenvalue weighted by atomic mass is 9.97. The van der Waals surface area contributed by atoms with Crippen molar-refractivity contribution in [2.75, 3.05) is 4.90 Å². The molecule has 1 amide bonds. The van der Waals surface area contributed by atoms with Crippen LogP contribution in [-0.2, 0) is 10.9 Å². The van der Waals surface area contributed by atoms with E-state index in [1.54, 1.807) is 0 Å². The van der Waals surface area contributed by atoms with Gasteiger partial charge in [0.05, 0.1) is 22.9 Å². The van der Waals surface area contributed by atoms with Gasteiger partial charge in [-0.1, -0.05) is 0 Å². The van der Waals surface area contributed by atoms with Gasteiger partial charge in [-0.05, 0) is 31.5 Å². The molecule has 0 spiro atoms. The van der Waals surface area contributed by atoms with Crippen LogP contribution in [0, 0.1) is 18.3 Å². The topological polar surface area (TPSA) is 73.6 Å². The van der Waals surface area contributed by atoms with E-state index in [2.05, 4.69) is 4.74 Å². The number of nitriles is 1. The molecule has 0 bridgehead atoms. The highest BCUT2D eigenvalue weighted by atomic mass is 19.4. The molecule has 3 atom stereocenters. The van der Waals surface area contributed by atoms with E-state index in [1.807, 2.05) is 0 Å². The fraction of sp³-hybridized carbons (Fsp3) is 0.467. The van der Waals surface area contributed by atoms with Crippen molar-refractivity contribution < 1.29 is 41.0 Å². The molecular weight excluding hydrogens is 370 g/mol. The van der Waals surface area contributed by atoms with E-state index in [0.29, 0.717) is 4.90 Å². The third-order valence-corrected chi connectivity index (χ3v) is 4.02. The molecule has 1 aromatic rings. The van der Waals surface area contributed by atoms with Crippen LogP contribution in [0.25, 0.3) is 0 Å². The predicted octanol–water partition coefficient (Wildman–Crippen LogP) is 3.52. The van der Waals surface area contributed by atoms with Crippen molar-refractivity contribution in [3.05, 3.63) is 28.8 Å². The summed E-state index contributed by atoms with van der Waals surface area (Å²) in [7, 11) is 0. The van der Waals surface area contributed by atoms with E-state index in [9.17, 15) is 36.2 Å². The molecule has 5 nitrogen and oxygen atoms in total. The van der Waals surface area contributed by atoms with Crippen LogP contribution in [-0.4, -0.2) is 35.6 Å². The van der Waals surface area contributed by atoms with E-state index >= 15 is 0 Å². The highest BCUT2D eigenvalue weighted by Crippen LogP contribution is 2.41. The van der Waals surface area contributed by atoms with Gasteiger partial charge in [-0.15, -0.1) is 0 Å². The van der Waals surface area contributed by atoms with E-state index in [-0.39, 0.29) is 0 Å². The summed E-state index contributed by atoms with van der Waals surface area (Å²) in [6, 6.07) is 1.04. The van der Waals surface area contributed by atoms with Gasteiger partial charge in [0.15, 0.2) is 6.10 Å². The number of alkyl halides is 6. The summed E-state index contributed by atoms with van der Waals surface area (Å²) in [6.07, 6.45) is -15.9. The first kappa shape index (κ1) is 19.8. The number of nitrogens with zero attached hydrogens (tertiary/aromatic N) is 2. The van der Waals surface area contributed by atoms with Gasteiger partial charge in [0.25, 0.3) is 0 Å². The van der Waals surface area contributed by atoms with Crippen LogP contribution in [0.5, 0.6) is 0 Å². The first-order chi connectivity index (χ1) is 11.8. The highest BCUT2D eigenvalue weighted by molar-refractivity contribution is 5.92. The first-order valence-electron chi connectivity index (χ1n) is 7.16. The first-order valence-corrected chi connectivity index (χ1v) is 7.16. The molecule has 0 aromatic heterocycles. The second kappa shape index (κ2) is 6.35. The number of rotatable bonds is 2. The van der Waals surface area contributed by atoms with Crippen LogP contribution in [0.3, 0.4) is 0 Å². The van der Waals surface area contributed by atoms with Crippen LogP contribution in [0.4, 0.5) is 36.8 Å². The van der Waals surface area contributed by atoms with Gasteiger partial charge >= 0.3 is 18.4 Å². The quantitative estimate of drug-likeness (QED) is 0.795. The molecule has 26 heavy (non-hydrogen) atoms. The molecule has 11 heteroatoms. The molecule has 1 aliphatic rings. The third kappa shape index (κ3) is 3.29. The Labute approximate surface area is 143 Å². The van der Waals surface area contributed by atoms with Gasteiger partial charge in [0.2, 0.25) is 0 Å². The van der Waals surface area contributed by atoms with E-state index in [0.717, 1.165) is 26.0 Å². The number of anilines is 1. The van der Waals surface area contributed by atoms with Crippen molar-refractivity contribution in [3.8, 4) is 6.07 Å². The summed E-state index contributed by atoms with van der Waals surface area (Å²) in [5, 5.41) is 18.4. The molecule has 0 aliphatic carbocycles. The summed E-state index contributed by atoms with van der Waals surface area (Å²) in [6.45, 7) is 2.01. The molecule has 2 rings (SSSR count). The Morgan fingerprint density at radius 3 is 2.31 bits per heavy atom. The Hall–Kier alpha value is -2.48. The Morgan fingerprint density at radius 2 is 1.85 bits per heavy atom. The zero-order chi connectivity index (χ0) is 20.0. The number of hydrogen-bond acceptors (Lipinski definition) is 4. The summed E-state index contributed by atoms with van der Waals surface area (Å²) < 4.78 is 83.2. The van der Waals surface area contributed by atoms with Gasteiger partial charge in [0.1, 0.15) is 12.1 Å². The number of cyclic esters (lactones) is 1. The second-order valence-electron chi connectivity index (χ2n) is 5.68.